The summed E-state index contributed by atoms with van der Waals surface area (Å²) in [7, 11) is 0. The fourth-order valence-corrected chi connectivity index (χ4v) is 4.63. The molecule has 0 unspecified atom stereocenters. The molecule has 2 fully saturated rings. The number of amides is 1. The van der Waals surface area contributed by atoms with Gasteiger partial charge in [-0.1, -0.05) is 6.07 Å². The number of halogens is 4. The average Bonchev–Trinajstić information content (AvgIpc) is 2.92. The lowest BCUT2D eigenvalue weighted by atomic mass is 10.1. The third-order valence-corrected chi connectivity index (χ3v) is 6.78. The number of carbonyl (C=O) groups excluding carboxylic acids is 1. The van der Waals surface area contributed by atoms with Crippen LogP contribution in [0.5, 0.6) is 0 Å². The van der Waals surface area contributed by atoms with E-state index in [1.54, 1.807) is 17.8 Å². The summed E-state index contributed by atoms with van der Waals surface area (Å²) in [5.41, 5.74) is 0.0485. The molecule has 0 aromatic heterocycles. The first-order chi connectivity index (χ1) is 13.2. The topological polar surface area (TPSA) is 26.8 Å². The van der Waals surface area contributed by atoms with Crippen molar-refractivity contribution in [3.63, 3.8) is 0 Å². The number of hydrogen-bond acceptors (Lipinski definition) is 4. The summed E-state index contributed by atoms with van der Waals surface area (Å²) in [5.74, 6) is 1.01. The van der Waals surface area contributed by atoms with Crippen molar-refractivity contribution in [2.24, 2.45) is 0 Å². The Hall–Kier alpha value is -1.12. The average molecular weight is 452 g/mol. The molecule has 0 spiro atoms. The number of carbonyl (C=O) groups is 1. The minimum atomic E-state index is -4.30. The van der Waals surface area contributed by atoms with Crippen LogP contribution >= 0.6 is 24.2 Å². The van der Waals surface area contributed by atoms with Gasteiger partial charge in [-0.15, -0.1) is 24.2 Å². The maximum Gasteiger partial charge on any atom is 0.416 e. The van der Waals surface area contributed by atoms with Crippen molar-refractivity contribution in [2.45, 2.75) is 37.6 Å². The van der Waals surface area contributed by atoms with E-state index in [0.29, 0.717) is 5.69 Å². The van der Waals surface area contributed by atoms with Crippen molar-refractivity contribution in [2.75, 3.05) is 50.0 Å². The van der Waals surface area contributed by atoms with Gasteiger partial charge in [0.15, 0.2) is 0 Å². The molecule has 1 aromatic carbocycles. The van der Waals surface area contributed by atoms with Crippen LogP contribution in [0.15, 0.2) is 24.3 Å². The first-order valence-corrected chi connectivity index (χ1v) is 10.7. The Labute approximate surface area is 181 Å². The maximum absolute atomic E-state index is 12.9. The van der Waals surface area contributed by atoms with Gasteiger partial charge in [0.05, 0.1) is 16.2 Å². The molecule has 0 bridgehead atoms. The third-order valence-electron chi connectivity index (χ3n) is 5.45. The summed E-state index contributed by atoms with van der Waals surface area (Å²) in [6.07, 6.45) is -2.29. The van der Waals surface area contributed by atoms with E-state index in [4.69, 9.17) is 0 Å². The number of anilines is 1. The van der Waals surface area contributed by atoms with E-state index in [-0.39, 0.29) is 23.1 Å². The fraction of sp³-hybridized carbons (Fsp3) is 0.650. The van der Waals surface area contributed by atoms with Crippen LogP contribution in [0.4, 0.5) is 18.9 Å². The van der Waals surface area contributed by atoms with Crippen LogP contribution in [0.2, 0.25) is 0 Å². The minimum Gasteiger partial charge on any atom is -0.369 e. The van der Waals surface area contributed by atoms with Gasteiger partial charge in [-0.05, 0) is 51.4 Å². The molecule has 2 aliphatic heterocycles. The first kappa shape index (κ1) is 24.2. The summed E-state index contributed by atoms with van der Waals surface area (Å²) in [4.78, 5) is 18.5. The normalized spacial score (nSPS) is 20.1. The Balaban J connectivity index is 0.00000300. The van der Waals surface area contributed by atoms with E-state index < -0.39 is 11.7 Å². The number of alkyl halides is 3. The zero-order valence-electron chi connectivity index (χ0n) is 16.9. The number of unbranched alkanes of at least 4 members (excludes halogenated alkanes) is 1. The minimum absolute atomic E-state index is 0. The van der Waals surface area contributed by atoms with Crippen LogP contribution in [0.1, 0.15) is 32.3 Å². The molecule has 9 heteroatoms. The molecule has 3 rings (SSSR count). The predicted octanol–water partition coefficient (Wildman–Crippen LogP) is 4.34. The van der Waals surface area contributed by atoms with Gasteiger partial charge >= 0.3 is 6.18 Å². The van der Waals surface area contributed by atoms with E-state index in [9.17, 15) is 18.0 Å². The molecule has 29 heavy (non-hydrogen) atoms. The first-order valence-electron chi connectivity index (χ1n) is 9.75. The summed E-state index contributed by atoms with van der Waals surface area (Å²) in [6, 6.07) is 5.58. The number of benzene rings is 1. The van der Waals surface area contributed by atoms with Crippen molar-refractivity contribution in [3.05, 3.63) is 29.8 Å². The molecule has 1 amide bonds. The highest BCUT2D eigenvalue weighted by molar-refractivity contribution is 8.01. The zero-order chi connectivity index (χ0) is 20.4. The zero-order valence-corrected chi connectivity index (χ0v) is 18.5. The second-order valence-electron chi connectivity index (χ2n) is 7.94. The number of hydrogen-bond donors (Lipinski definition) is 0. The van der Waals surface area contributed by atoms with E-state index in [2.05, 4.69) is 4.90 Å². The molecule has 0 aliphatic carbocycles. The molecule has 2 heterocycles. The molecule has 1 aromatic rings. The second kappa shape index (κ2) is 9.79. The molecule has 2 saturated heterocycles. The van der Waals surface area contributed by atoms with Gasteiger partial charge in [-0.2, -0.15) is 13.2 Å². The lowest BCUT2D eigenvalue weighted by Crippen LogP contribution is -2.46. The second-order valence-corrected chi connectivity index (χ2v) is 9.50. The lowest BCUT2D eigenvalue weighted by Gasteiger charge is -2.36. The molecule has 164 valence electrons. The monoisotopic (exact) mass is 451 g/mol. The van der Waals surface area contributed by atoms with Gasteiger partial charge in [-0.3, -0.25) is 9.69 Å². The Morgan fingerprint density at radius 3 is 2.31 bits per heavy atom. The van der Waals surface area contributed by atoms with Crippen molar-refractivity contribution in [1.82, 2.24) is 9.80 Å². The van der Waals surface area contributed by atoms with Crippen molar-refractivity contribution in [1.29, 1.82) is 0 Å². The quantitative estimate of drug-likeness (QED) is 0.601. The Bertz CT molecular complexity index is 694. The molecule has 0 atom stereocenters. The summed E-state index contributed by atoms with van der Waals surface area (Å²) in [5, 5.41) is 0. The van der Waals surface area contributed by atoms with Crippen LogP contribution < -0.4 is 4.90 Å². The summed E-state index contributed by atoms with van der Waals surface area (Å²) >= 11 is 1.69. The van der Waals surface area contributed by atoms with Gasteiger partial charge in [0, 0.05) is 38.4 Å². The summed E-state index contributed by atoms with van der Waals surface area (Å²) in [6.45, 7) is 8.89. The van der Waals surface area contributed by atoms with Gasteiger partial charge in [0.25, 0.3) is 0 Å². The highest BCUT2D eigenvalue weighted by Gasteiger charge is 2.38. The highest BCUT2D eigenvalue weighted by atomic mass is 35.5. The predicted molar refractivity (Wildman–Crippen MR) is 115 cm³/mol. The van der Waals surface area contributed by atoms with Crippen LogP contribution in [-0.4, -0.2) is 65.6 Å². The molecule has 0 radical (unpaired) electrons. The standard InChI is InChI=1S/C20H28F3N3OS.ClH/c1-19(2)18(27)26(15-28-19)9-4-3-8-24-10-12-25(13-11-24)17-7-5-6-16(14-17)20(21,22)23;/h5-7,14H,3-4,8-13,15H2,1-2H3;1H. The van der Waals surface area contributed by atoms with E-state index >= 15 is 0 Å². The van der Waals surface area contributed by atoms with Crippen LogP contribution in [0.25, 0.3) is 0 Å². The van der Waals surface area contributed by atoms with Gasteiger partial charge in [-0.25, -0.2) is 0 Å². The molecular weight excluding hydrogens is 423 g/mol. The number of rotatable bonds is 6. The molecule has 0 N–H and O–H groups in total. The Morgan fingerprint density at radius 1 is 1.07 bits per heavy atom. The van der Waals surface area contributed by atoms with Gasteiger partial charge in [0.2, 0.25) is 5.91 Å². The van der Waals surface area contributed by atoms with E-state index in [0.717, 1.165) is 64.1 Å². The van der Waals surface area contributed by atoms with Crippen molar-refractivity contribution >= 4 is 35.8 Å². The summed E-state index contributed by atoms with van der Waals surface area (Å²) < 4.78 is 38.4. The van der Waals surface area contributed by atoms with Crippen LogP contribution in [0.3, 0.4) is 0 Å². The fourth-order valence-electron chi connectivity index (χ4n) is 3.65. The molecule has 2 aliphatic rings. The van der Waals surface area contributed by atoms with Gasteiger partial charge in [0.1, 0.15) is 0 Å². The smallest absolute Gasteiger partial charge is 0.369 e. The van der Waals surface area contributed by atoms with Gasteiger partial charge < -0.3 is 9.80 Å². The van der Waals surface area contributed by atoms with Crippen molar-refractivity contribution < 1.29 is 18.0 Å². The Morgan fingerprint density at radius 2 is 1.72 bits per heavy atom. The SMILES string of the molecule is CC1(C)SCN(CCCCN2CCN(c3cccc(C(F)(F)F)c3)CC2)C1=O.Cl. The van der Waals surface area contributed by atoms with Crippen LogP contribution in [0, 0.1) is 0 Å². The molecule has 0 saturated carbocycles. The maximum atomic E-state index is 12.9. The number of piperazine rings is 1. The largest absolute Gasteiger partial charge is 0.416 e. The van der Waals surface area contributed by atoms with E-state index in [1.165, 1.54) is 12.1 Å². The van der Waals surface area contributed by atoms with Crippen LogP contribution in [-0.2, 0) is 11.0 Å². The molecular formula is C20H29ClF3N3OS. The highest BCUT2D eigenvalue weighted by Crippen LogP contribution is 2.34. The lowest BCUT2D eigenvalue weighted by molar-refractivity contribution is -0.137. The van der Waals surface area contributed by atoms with Crippen molar-refractivity contribution in [3.8, 4) is 0 Å². The van der Waals surface area contributed by atoms with E-state index in [1.807, 2.05) is 23.6 Å². The number of nitrogens with zero attached hydrogens (tertiary/aromatic N) is 3. The number of thioether (sulfide) groups is 1. The molecule has 4 nitrogen and oxygen atoms in total. The third kappa shape index (κ3) is 6.18. The Kier molecular flexibility index (Phi) is 8.15.